The second-order valence-corrected chi connectivity index (χ2v) is 3.06. The monoisotopic (exact) mass is 216 g/mol. The Morgan fingerprint density at radius 3 is 3.07 bits per heavy atom. The van der Waals surface area contributed by atoms with Crippen LogP contribution in [0.4, 0.5) is 0 Å². The van der Waals surface area contributed by atoms with E-state index in [0.717, 1.165) is 19.5 Å². The average Bonchev–Trinajstić information content (AvgIpc) is 2.61. The summed E-state index contributed by atoms with van der Waals surface area (Å²) in [6.45, 7) is 1.80. The molecule has 0 unspecified atom stereocenters. The van der Waals surface area contributed by atoms with Crippen molar-refractivity contribution in [3.63, 3.8) is 0 Å². The third kappa shape index (κ3) is 2.49. The Labute approximate surface area is 88.7 Å². The number of nitrogens with one attached hydrogen (secondary N) is 1. The molecule has 0 bridgehead atoms. The maximum atomic E-state index is 9.36. The van der Waals surface area contributed by atoms with Gasteiger partial charge in [0.25, 0.3) is 5.88 Å². The van der Waals surface area contributed by atoms with E-state index in [1.807, 2.05) is 0 Å². The maximum Gasteiger partial charge on any atom is 0.257 e. The van der Waals surface area contributed by atoms with Crippen LogP contribution in [0.25, 0.3) is 0 Å². The molecule has 2 heterocycles. The largest absolute Gasteiger partial charge is 0.503 e. The minimum atomic E-state index is 0. The molecule has 2 N–H and O–H groups in total. The molecule has 1 aromatic rings. The van der Waals surface area contributed by atoms with E-state index in [9.17, 15) is 5.11 Å². The Hall–Kier alpha value is -1.00. The third-order valence-corrected chi connectivity index (χ3v) is 2.04. The smallest absolute Gasteiger partial charge is 0.257 e. The standard InChI is InChI=1S/C9H12N2O2.ClH/c12-8-2-1-4-11-9(8)13-7-3-5-10-6-7;/h1-2,4,7,10,12H,3,5-6H2;1H/t7-;/m1./s1. The van der Waals surface area contributed by atoms with E-state index in [-0.39, 0.29) is 24.3 Å². The van der Waals surface area contributed by atoms with E-state index in [1.54, 1.807) is 18.3 Å². The highest BCUT2D eigenvalue weighted by molar-refractivity contribution is 5.85. The number of hydrogen-bond donors (Lipinski definition) is 2. The van der Waals surface area contributed by atoms with E-state index >= 15 is 0 Å². The van der Waals surface area contributed by atoms with Crippen molar-refractivity contribution in [1.29, 1.82) is 0 Å². The van der Waals surface area contributed by atoms with Gasteiger partial charge in [-0.15, -0.1) is 12.4 Å². The van der Waals surface area contributed by atoms with E-state index in [1.165, 1.54) is 0 Å². The summed E-state index contributed by atoms with van der Waals surface area (Å²) < 4.78 is 5.48. The van der Waals surface area contributed by atoms with Gasteiger partial charge < -0.3 is 15.2 Å². The maximum absolute atomic E-state index is 9.36. The van der Waals surface area contributed by atoms with Crippen LogP contribution in [0.3, 0.4) is 0 Å². The Morgan fingerprint density at radius 1 is 1.57 bits per heavy atom. The Morgan fingerprint density at radius 2 is 2.43 bits per heavy atom. The molecule has 0 spiro atoms. The first-order valence-corrected chi connectivity index (χ1v) is 4.37. The SMILES string of the molecule is Cl.Oc1cccnc1O[C@@H]1CCNC1. The summed E-state index contributed by atoms with van der Waals surface area (Å²) in [5.74, 6) is 0.436. The van der Waals surface area contributed by atoms with Crippen LogP contribution in [0.2, 0.25) is 0 Å². The summed E-state index contributed by atoms with van der Waals surface area (Å²) in [6, 6.07) is 3.25. The minimum absolute atomic E-state index is 0. The van der Waals surface area contributed by atoms with Crippen LogP contribution in [0, 0.1) is 0 Å². The fourth-order valence-electron chi connectivity index (χ4n) is 1.36. The quantitative estimate of drug-likeness (QED) is 0.773. The molecule has 1 aliphatic heterocycles. The number of ether oxygens (including phenoxy) is 1. The molecule has 2 rings (SSSR count). The Balaban J connectivity index is 0.000000980. The highest BCUT2D eigenvalue weighted by atomic mass is 35.5. The van der Waals surface area contributed by atoms with Gasteiger partial charge in [-0.05, 0) is 25.1 Å². The molecule has 0 aliphatic carbocycles. The van der Waals surface area contributed by atoms with Crippen LogP contribution >= 0.6 is 12.4 Å². The molecule has 1 saturated heterocycles. The van der Waals surface area contributed by atoms with Gasteiger partial charge in [0.1, 0.15) is 6.10 Å². The zero-order valence-electron chi connectivity index (χ0n) is 7.64. The third-order valence-electron chi connectivity index (χ3n) is 2.04. The molecule has 0 radical (unpaired) electrons. The lowest BCUT2D eigenvalue weighted by Crippen LogP contribution is -2.20. The van der Waals surface area contributed by atoms with Gasteiger partial charge >= 0.3 is 0 Å². The average molecular weight is 217 g/mol. The summed E-state index contributed by atoms with van der Waals surface area (Å²) in [4.78, 5) is 3.94. The molecular formula is C9H13ClN2O2. The van der Waals surface area contributed by atoms with Crippen molar-refractivity contribution in [3.8, 4) is 11.6 Å². The minimum Gasteiger partial charge on any atom is -0.503 e. The van der Waals surface area contributed by atoms with Gasteiger partial charge in [0.2, 0.25) is 0 Å². The first kappa shape index (κ1) is 11.1. The number of aromatic nitrogens is 1. The lowest BCUT2D eigenvalue weighted by Gasteiger charge is -2.11. The summed E-state index contributed by atoms with van der Waals surface area (Å²) in [5.41, 5.74) is 0. The highest BCUT2D eigenvalue weighted by Gasteiger charge is 2.17. The lowest BCUT2D eigenvalue weighted by atomic mass is 10.3. The first-order valence-electron chi connectivity index (χ1n) is 4.37. The Kier molecular flexibility index (Phi) is 3.98. The van der Waals surface area contributed by atoms with Crippen molar-refractivity contribution in [3.05, 3.63) is 18.3 Å². The topological polar surface area (TPSA) is 54.4 Å². The lowest BCUT2D eigenvalue weighted by molar-refractivity contribution is 0.204. The van der Waals surface area contributed by atoms with Crippen LogP contribution in [-0.4, -0.2) is 29.3 Å². The van der Waals surface area contributed by atoms with Gasteiger partial charge in [0.05, 0.1) is 0 Å². The summed E-state index contributed by atoms with van der Waals surface area (Å²) in [5, 5.41) is 12.5. The molecule has 1 atom stereocenters. The fourth-order valence-corrected chi connectivity index (χ4v) is 1.36. The van der Waals surface area contributed by atoms with E-state index in [0.29, 0.717) is 5.88 Å². The van der Waals surface area contributed by atoms with Crippen LogP contribution in [0.15, 0.2) is 18.3 Å². The van der Waals surface area contributed by atoms with Crippen LogP contribution in [0.1, 0.15) is 6.42 Å². The molecule has 4 nitrogen and oxygen atoms in total. The van der Waals surface area contributed by atoms with Crippen molar-refractivity contribution in [2.45, 2.75) is 12.5 Å². The molecule has 0 amide bonds. The summed E-state index contributed by atoms with van der Waals surface area (Å²) in [7, 11) is 0. The van der Waals surface area contributed by atoms with Gasteiger partial charge in [-0.3, -0.25) is 0 Å². The second-order valence-electron chi connectivity index (χ2n) is 3.06. The summed E-state index contributed by atoms with van der Waals surface area (Å²) in [6.07, 6.45) is 2.72. The molecule has 0 aromatic carbocycles. The van der Waals surface area contributed by atoms with Gasteiger partial charge in [-0.1, -0.05) is 0 Å². The van der Waals surface area contributed by atoms with Gasteiger partial charge in [-0.25, -0.2) is 4.98 Å². The van der Waals surface area contributed by atoms with Gasteiger partial charge in [-0.2, -0.15) is 0 Å². The molecular weight excluding hydrogens is 204 g/mol. The molecule has 1 aliphatic rings. The van der Waals surface area contributed by atoms with Crippen molar-refractivity contribution in [1.82, 2.24) is 10.3 Å². The number of rotatable bonds is 2. The first-order chi connectivity index (χ1) is 6.36. The van der Waals surface area contributed by atoms with Crippen LogP contribution in [-0.2, 0) is 0 Å². The second kappa shape index (κ2) is 5.02. The summed E-state index contributed by atoms with van der Waals surface area (Å²) >= 11 is 0. The number of nitrogens with zero attached hydrogens (tertiary/aromatic N) is 1. The molecule has 0 saturated carbocycles. The van der Waals surface area contributed by atoms with Gasteiger partial charge in [0, 0.05) is 12.7 Å². The van der Waals surface area contributed by atoms with Crippen molar-refractivity contribution in [2.24, 2.45) is 0 Å². The van der Waals surface area contributed by atoms with Crippen molar-refractivity contribution in [2.75, 3.05) is 13.1 Å². The Bertz CT molecular complexity index is 290. The van der Waals surface area contributed by atoms with Crippen LogP contribution in [0.5, 0.6) is 11.6 Å². The molecule has 1 aromatic heterocycles. The molecule has 1 fully saturated rings. The van der Waals surface area contributed by atoms with Crippen molar-refractivity contribution >= 4 is 12.4 Å². The normalized spacial score (nSPS) is 20.1. The predicted octanol–water partition coefficient (Wildman–Crippen LogP) is 0.950. The highest BCUT2D eigenvalue weighted by Crippen LogP contribution is 2.23. The van der Waals surface area contributed by atoms with E-state index in [2.05, 4.69) is 10.3 Å². The van der Waals surface area contributed by atoms with Crippen LogP contribution < -0.4 is 10.1 Å². The molecule has 78 valence electrons. The fraction of sp³-hybridized carbons (Fsp3) is 0.444. The van der Waals surface area contributed by atoms with Crippen molar-refractivity contribution < 1.29 is 9.84 Å². The number of hydrogen-bond acceptors (Lipinski definition) is 4. The number of halogens is 1. The number of aromatic hydroxyl groups is 1. The predicted molar refractivity (Wildman–Crippen MR) is 55.1 cm³/mol. The molecule has 14 heavy (non-hydrogen) atoms. The van der Waals surface area contributed by atoms with Gasteiger partial charge in [0.15, 0.2) is 5.75 Å². The van der Waals surface area contributed by atoms with E-state index in [4.69, 9.17) is 4.74 Å². The number of pyridine rings is 1. The van der Waals surface area contributed by atoms with E-state index < -0.39 is 0 Å². The zero-order valence-corrected chi connectivity index (χ0v) is 8.46. The zero-order chi connectivity index (χ0) is 9.10. The molecule has 5 heteroatoms.